The molecule has 0 aliphatic carbocycles. The average molecular weight is 403 g/mol. The minimum atomic E-state index is -0.779. The molecule has 0 unspecified atom stereocenters. The highest BCUT2D eigenvalue weighted by molar-refractivity contribution is 7.98. The number of benzene rings is 2. The molecule has 0 aliphatic rings. The van der Waals surface area contributed by atoms with Crippen LogP contribution in [0.1, 0.15) is 6.42 Å². The summed E-state index contributed by atoms with van der Waals surface area (Å²) >= 11 is 1.55. The summed E-state index contributed by atoms with van der Waals surface area (Å²) in [6, 6.07) is 13.7. The number of hydrogen-bond donors (Lipinski definition) is 2. The van der Waals surface area contributed by atoms with Crippen molar-refractivity contribution in [3.05, 3.63) is 64.7 Å². The molecule has 0 aromatic heterocycles. The first kappa shape index (κ1) is 21.2. The average Bonchev–Trinajstić information content (AvgIpc) is 2.70. The number of nitro groups is 1. The second-order valence-electron chi connectivity index (χ2n) is 5.80. The van der Waals surface area contributed by atoms with Gasteiger partial charge in [-0.25, -0.2) is 0 Å². The Morgan fingerprint density at radius 3 is 2.61 bits per heavy atom. The summed E-state index contributed by atoms with van der Waals surface area (Å²) in [5.74, 6) is 0.346. The highest BCUT2D eigenvalue weighted by Gasteiger charge is 2.21. The summed E-state index contributed by atoms with van der Waals surface area (Å²) in [5, 5.41) is 16.1. The van der Waals surface area contributed by atoms with Gasteiger partial charge >= 0.3 is 0 Å². The van der Waals surface area contributed by atoms with Crippen molar-refractivity contribution in [3.63, 3.8) is 0 Å². The van der Waals surface area contributed by atoms with Crippen LogP contribution in [0.15, 0.2) is 54.6 Å². The van der Waals surface area contributed by atoms with Gasteiger partial charge < -0.3 is 15.4 Å². The molecule has 9 heteroatoms. The molecule has 0 saturated carbocycles. The minimum Gasteiger partial charge on any atom is -0.484 e. The maximum absolute atomic E-state index is 12.6. The van der Waals surface area contributed by atoms with E-state index in [1.54, 1.807) is 42.1 Å². The molecule has 148 valence electrons. The molecule has 0 bridgehead atoms. The highest BCUT2D eigenvalue weighted by atomic mass is 32.2. The van der Waals surface area contributed by atoms with Crippen LogP contribution in [0.3, 0.4) is 0 Å². The Morgan fingerprint density at radius 1 is 1.18 bits per heavy atom. The third kappa shape index (κ3) is 6.92. The molecular formula is C19H21N3O5S. The quantitative estimate of drug-likeness (QED) is 0.466. The Bertz CT molecular complexity index is 816. The predicted molar refractivity (Wildman–Crippen MR) is 109 cm³/mol. The number of ether oxygens (including phenoxy) is 1. The van der Waals surface area contributed by atoms with Crippen molar-refractivity contribution in [1.82, 2.24) is 5.32 Å². The van der Waals surface area contributed by atoms with Gasteiger partial charge in [-0.05, 0) is 36.6 Å². The van der Waals surface area contributed by atoms with E-state index in [-0.39, 0.29) is 12.3 Å². The summed E-state index contributed by atoms with van der Waals surface area (Å²) in [4.78, 5) is 35.1. The van der Waals surface area contributed by atoms with E-state index in [1.165, 1.54) is 18.2 Å². The van der Waals surface area contributed by atoms with E-state index in [4.69, 9.17) is 4.74 Å². The van der Waals surface area contributed by atoms with Crippen LogP contribution >= 0.6 is 11.8 Å². The lowest BCUT2D eigenvalue weighted by Gasteiger charge is -2.18. The Hall–Kier alpha value is -3.07. The molecule has 0 heterocycles. The Kier molecular flexibility index (Phi) is 8.29. The van der Waals surface area contributed by atoms with Crippen LogP contribution in [0.5, 0.6) is 5.75 Å². The fourth-order valence-electron chi connectivity index (χ4n) is 2.33. The van der Waals surface area contributed by atoms with Gasteiger partial charge in [0.2, 0.25) is 5.91 Å². The molecule has 2 amide bonds. The van der Waals surface area contributed by atoms with Gasteiger partial charge in [-0.3, -0.25) is 19.7 Å². The number of nitrogens with one attached hydrogen (secondary N) is 2. The molecule has 2 rings (SSSR count). The van der Waals surface area contributed by atoms with Crippen LogP contribution < -0.4 is 15.4 Å². The van der Waals surface area contributed by atoms with Gasteiger partial charge in [0.1, 0.15) is 11.8 Å². The van der Waals surface area contributed by atoms with Gasteiger partial charge in [-0.15, -0.1) is 0 Å². The van der Waals surface area contributed by atoms with Crippen molar-refractivity contribution in [2.24, 2.45) is 0 Å². The van der Waals surface area contributed by atoms with Crippen molar-refractivity contribution >= 4 is 35.0 Å². The maximum atomic E-state index is 12.6. The van der Waals surface area contributed by atoms with Gasteiger partial charge in [0.15, 0.2) is 6.61 Å². The van der Waals surface area contributed by atoms with Crippen LogP contribution in [0.4, 0.5) is 11.4 Å². The van der Waals surface area contributed by atoms with E-state index in [0.717, 1.165) is 0 Å². The number of amides is 2. The number of thioether (sulfide) groups is 1. The van der Waals surface area contributed by atoms with E-state index >= 15 is 0 Å². The summed E-state index contributed by atoms with van der Waals surface area (Å²) in [7, 11) is 0. The highest BCUT2D eigenvalue weighted by Crippen LogP contribution is 2.17. The third-order valence-electron chi connectivity index (χ3n) is 3.70. The zero-order valence-electron chi connectivity index (χ0n) is 15.3. The molecule has 1 atom stereocenters. The summed E-state index contributed by atoms with van der Waals surface area (Å²) < 4.78 is 5.39. The van der Waals surface area contributed by atoms with E-state index in [0.29, 0.717) is 23.6 Å². The summed E-state index contributed by atoms with van der Waals surface area (Å²) in [5.41, 5.74) is 0.168. The summed E-state index contributed by atoms with van der Waals surface area (Å²) in [6.45, 7) is -0.218. The van der Waals surface area contributed by atoms with Crippen LogP contribution in [-0.2, 0) is 9.59 Å². The van der Waals surface area contributed by atoms with Gasteiger partial charge in [0.25, 0.3) is 11.6 Å². The minimum absolute atomic E-state index is 0.126. The summed E-state index contributed by atoms with van der Waals surface area (Å²) in [6.07, 6.45) is 2.31. The normalized spacial score (nSPS) is 11.3. The predicted octanol–water partition coefficient (Wildman–Crippen LogP) is 2.85. The number of nitro benzene ring substituents is 1. The largest absolute Gasteiger partial charge is 0.484 e. The maximum Gasteiger partial charge on any atom is 0.271 e. The number of non-ortho nitro benzene ring substituents is 1. The van der Waals surface area contributed by atoms with Crippen LogP contribution in [0.25, 0.3) is 0 Å². The van der Waals surface area contributed by atoms with Crippen LogP contribution in [0.2, 0.25) is 0 Å². The fraction of sp³-hybridized carbons (Fsp3) is 0.263. The van der Waals surface area contributed by atoms with Crippen molar-refractivity contribution in [2.75, 3.05) is 23.9 Å². The third-order valence-corrected chi connectivity index (χ3v) is 4.34. The zero-order valence-corrected chi connectivity index (χ0v) is 16.1. The van der Waals surface area contributed by atoms with Gasteiger partial charge in [-0.2, -0.15) is 11.8 Å². The Morgan fingerprint density at radius 2 is 1.93 bits per heavy atom. The second kappa shape index (κ2) is 10.9. The molecule has 0 radical (unpaired) electrons. The molecule has 2 aromatic rings. The molecule has 0 aliphatic heterocycles. The lowest BCUT2D eigenvalue weighted by atomic mass is 10.2. The van der Waals surface area contributed by atoms with Gasteiger partial charge in [0, 0.05) is 17.8 Å². The number of carbonyl (C=O) groups is 2. The smallest absolute Gasteiger partial charge is 0.271 e. The number of rotatable bonds is 10. The molecule has 0 spiro atoms. The number of hydrogen-bond acceptors (Lipinski definition) is 6. The van der Waals surface area contributed by atoms with Crippen molar-refractivity contribution in [3.8, 4) is 5.75 Å². The molecule has 28 heavy (non-hydrogen) atoms. The van der Waals surface area contributed by atoms with Crippen LogP contribution in [0, 0.1) is 10.1 Å². The molecule has 0 saturated heterocycles. The Balaban J connectivity index is 1.97. The first-order valence-corrected chi connectivity index (χ1v) is 9.90. The van der Waals surface area contributed by atoms with E-state index in [2.05, 4.69) is 10.6 Å². The lowest BCUT2D eigenvalue weighted by molar-refractivity contribution is -0.384. The number of nitrogens with zero attached hydrogens (tertiary/aromatic N) is 1. The monoisotopic (exact) mass is 403 g/mol. The second-order valence-corrected chi connectivity index (χ2v) is 6.79. The molecule has 0 fully saturated rings. The Labute approximate surface area is 166 Å². The fourth-order valence-corrected chi connectivity index (χ4v) is 2.80. The molecular weight excluding hydrogens is 382 g/mol. The topological polar surface area (TPSA) is 111 Å². The molecule has 2 aromatic carbocycles. The SMILES string of the molecule is CSCC[C@H](NC(=O)COc1ccccc1)C(=O)Nc1cccc([N+](=O)[O-])c1. The zero-order chi connectivity index (χ0) is 20.4. The molecule has 8 nitrogen and oxygen atoms in total. The van der Waals surface area contributed by atoms with E-state index < -0.39 is 22.8 Å². The van der Waals surface area contributed by atoms with E-state index in [9.17, 15) is 19.7 Å². The van der Waals surface area contributed by atoms with Gasteiger partial charge in [-0.1, -0.05) is 24.3 Å². The lowest BCUT2D eigenvalue weighted by Crippen LogP contribution is -2.45. The van der Waals surface area contributed by atoms with Crippen molar-refractivity contribution in [1.29, 1.82) is 0 Å². The van der Waals surface area contributed by atoms with Gasteiger partial charge in [0.05, 0.1) is 4.92 Å². The molecule has 2 N–H and O–H groups in total. The van der Waals surface area contributed by atoms with Crippen molar-refractivity contribution in [2.45, 2.75) is 12.5 Å². The van der Waals surface area contributed by atoms with Crippen LogP contribution in [-0.4, -0.2) is 41.4 Å². The first-order valence-electron chi connectivity index (χ1n) is 8.51. The van der Waals surface area contributed by atoms with Crippen molar-refractivity contribution < 1.29 is 19.2 Å². The standard InChI is InChI=1S/C19H21N3O5S/c1-28-11-10-17(21-18(23)13-27-16-8-3-2-4-9-16)19(24)20-14-6-5-7-15(12-14)22(25)26/h2-9,12,17H,10-11,13H2,1H3,(H,20,24)(H,21,23)/t17-/m0/s1. The van der Waals surface area contributed by atoms with E-state index in [1.807, 2.05) is 12.3 Å². The first-order chi connectivity index (χ1) is 13.5. The number of carbonyl (C=O) groups excluding carboxylic acids is 2. The number of anilines is 1. The number of para-hydroxylation sites is 1.